The maximum absolute atomic E-state index is 12.9. The van der Waals surface area contributed by atoms with Gasteiger partial charge >= 0.3 is 209 Å². The summed E-state index contributed by atoms with van der Waals surface area (Å²) in [6.07, 6.45) is 11.8. The number of piperidine rings is 1. The number of carbonyl (C=O) groups excluding carboxylic acids is 1. The topological polar surface area (TPSA) is 40.5 Å². The van der Waals surface area contributed by atoms with Crippen molar-refractivity contribution in [1.29, 1.82) is 0 Å². The third-order valence-corrected chi connectivity index (χ3v) is 10.6. The van der Waals surface area contributed by atoms with Crippen LogP contribution in [0, 0.1) is 9.49 Å². The minimum absolute atomic E-state index is 0.145. The van der Waals surface area contributed by atoms with Gasteiger partial charge in [0.25, 0.3) is 0 Å². The van der Waals surface area contributed by atoms with Crippen molar-refractivity contribution in [2.24, 2.45) is 5.92 Å². The van der Waals surface area contributed by atoms with Gasteiger partial charge in [0.2, 0.25) is 0 Å². The molecule has 1 fully saturated rings. The Kier molecular flexibility index (Phi) is 5.92. The maximum atomic E-state index is 12.9. The molecular weight excluding hydrogens is 612 g/mol. The molecule has 0 radical (unpaired) electrons. The number of phenolic OH excluding ortho intramolecular Hbond substituents is 1. The second-order valence-corrected chi connectivity index (χ2v) is 13.2. The second-order valence-electron chi connectivity index (χ2n) is 8.54. The van der Waals surface area contributed by atoms with Crippen molar-refractivity contribution in [2.75, 3.05) is 18.0 Å². The summed E-state index contributed by atoms with van der Waals surface area (Å²) in [7, 11) is 0. The molecule has 2 aliphatic heterocycles. The van der Waals surface area contributed by atoms with E-state index >= 15 is 0 Å². The molecule has 2 aromatic rings. The van der Waals surface area contributed by atoms with Crippen LogP contribution >= 0.6 is 22.6 Å². The van der Waals surface area contributed by atoms with E-state index in [1.165, 1.54) is 18.3 Å². The van der Waals surface area contributed by atoms with Gasteiger partial charge in [-0.1, -0.05) is 0 Å². The van der Waals surface area contributed by atoms with Crippen molar-refractivity contribution < 1.29 is 31.1 Å². The van der Waals surface area contributed by atoms with Gasteiger partial charge in [0.15, 0.2) is 0 Å². The van der Waals surface area contributed by atoms with Crippen LogP contribution in [0.15, 0.2) is 46.1 Å². The zero-order valence-corrected chi connectivity index (χ0v) is 22.1. The predicted octanol–water partition coefficient (Wildman–Crippen LogP) is 3.29. The Morgan fingerprint density at radius 2 is 1.90 bits per heavy atom. The van der Waals surface area contributed by atoms with Gasteiger partial charge in [-0.3, -0.25) is 0 Å². The van der Waals surface area contributed by atoms with Crippen LogP contribution in [0.5, 0.6) is 5.75 Å². The molecule has 3 nitrogen and oxygen atoms in total. The molecule has 31 heavy (non-hydrogen) atoms. The molecule has 2 aromatic carbocycles. The van der Waals surface area contributed by atoms with Crippen LogP contribution in [0.1, 0.15) is 49.0 Å². The van der Waals surface area contributed by atoms with E-state index in [0.29, 0.717) is 22.0 Å². The number of fused-ring (bicyclic) bond motifs is 4. The first-order chi connectivity index (χ1) is 15.0. The molecule has 0 amide bonds. The number of halogens is 2. The van der Waals surface area contributed by atoms with Crippen molar-refractivity contribution in [3.8, 4) is 5.75 Å². The van der Waals surface area contributed by atoms with Crippen molar-refractivity contribution in [3.63, 3.8) is 0 Å². The fourth-order valence-electron chi connectivity index (χ4n) is 4.63. The molecule has 162 valence electrons. The van der Waals surface area contributed by atoms with Crippen LogP contribution < -0.4 is 26.1 Å². The monoisotopic (exact) mass is 638 g/mol. The predicted molar refractivity (Wildman–Crippen MR) is 133 cm³/mol. The van der Waals surface area contributed by atoms with Crippen LogP contribution in [0.4, 0.5) is 5.69 Å². The molecule has 5 heteroatoms. The second kappa shape index (κ2) is 8.54. The number of phenols is 1. The van der Waals surface area contributed by atoms with Crippen molar-refractivity contribution in [2.45, 2.75) is 37.0 Å². The van der Waals surface area contributed by atoms with E-state index in [2.05, 4.69) is 64.8 Å². The van der Waals surface area contributed by atoms with E-state index in [1.54, 1.807) is 0 Å². The fourth-order valence-corrected chi connectivity index (χ4v) is 8.24. The third-order valence-electron chi connectivity index (χ3n) is 6.41. The molecule has 5 rings (SSSR count). The van der Waals surface area contributed by atoms with Gasteiger partial charge in [0.05, 0.1) is 0 Å². The molecule has 0 saturated carbocycles. The number of alkyl halides is 1. The Bertz CT molecular complexity index is 1170. The van der Waals surface area contributed by atoms with Gasteiger partial charge in [-0.05, 0) is 0 Å². The van der Waals surface area contributed by atoms with Crippen LogP contribution in [0.25, 0.3) is 16.3 Å². The van der Waals surface area contributed by atoms with Crippen molar-refractivity contribution in [3.05, 3.63) is 60.8 Å². The van der Waals surface area contributed by atoms with Crippen LogP contribution in [0.3, 0.4) is 0 Å². The molecule has 0 aromatic heterocycles. The van der Waals surface area contributed by atoms with E-state index in [1.807, 2.05) is 19.1 Å². The number of allylic oxidation sites excluding steroid dienone is 6. The number of hydrogen-bond acceptors (Lipinski definition) is 3. The Morgan fingerprint density at radius 3 is 2.65 bits per heavy atom. The first-order valence-corrected chi connectivity index (χ1v) is 14.4. The Labute approximate surface area is 207 Å². The molecule has 1 atom stereocenters. The van der Waals surface area contributed by atoms with E-state index < -0.39 is 0 Å². The summed E-state index contributed by atoms with van der Waals surface area (Å²) >= 11 is 2.22. The summed E-state index contributed by atoms with van der Waals surface area (Å²) in [5, 5.41) is 12.8. The first-order valence-electron chi connectivity index (χ1n) is 11.0. The number of rotatable bonds is 3. The quantitative estimate of drug-likeness (QED) is 0.319. The van der Waals surface area contributed by atoms with E-state index in [9.17, 15) is 9.90 Å². The first kappa shape index (κ1) is 21.5. The summed E-state index contributed by atoms with van der Waals surface area (Å²) < 4.78 is 3.40. The standard InChI is InChI=1S/C26H26I2NO2/c1-3-24(30)20-12-18-19(13-23(20)29-10-8-16(27)9-11-29)26-17-6-4-15(2)5-7-21(17)28-22(26)14-25(18)31/h4-7,12-16,31H,3,8-11H2,1-2H3/q-1. The van der Waals surface area contributed by atoms with Gasteiger partial charge in [0.1, 0.15) is 0 Å². The summed E-state index contributed by atoms with van der Waals surface area (Å²) in [6.45, 7) is 6.08. The number of benzene rings is 2. The van der Waals surface area contributed by atoms with E-state index in [0.717, 1.165) is 48.0 Å². The number of Topliss-reactive ketones (excluding diaryl/α,β-unsaturated/α-hetero) is 1. The molecule has 1 unspecified atom stereocenters. The van der Waals surface area contributed by atoms with Gasteiger partial charge in [-0.15, -0.1) is 0 Å². The van der Waals surface area contributed by atoms with Gasteiger partial charge in [0, 0.05) is 0 Å². The Morgan fingerprint density at radius 1 is 1.16 bits per heavy atom. The van der Waals surface area contributed by atoms with Crippen molar-refractivity contribution >= 4 is 50.4 Å². The zero-order chi connectivity index (χ0) is 21.7. The summed E-state index contributed by atoms with van der Waals surface area (Å²) in [4.78, 5) is 15.3. The zero-order valence-electron chi connectivity index (χ0n) is 17.8. The molecule has 0 spiro atoms. The normalized spacial score (nSPS) is 21.1. The SMILES string of the molecule is CCC(=O)c1cc2c(O)cc3c(c2cc1N1CCC(I)CC1)C1=C(C=CC(C)C=C1)[I-]3. The molecule has 2 heterocycles. The molecule has 1 aliphatic carbocycles. The average molecular weight is 638 g/mol. The van der Waals surface area contributed by atoms with E-state index in [-0.39, 0.29) is 27.0 Å². The molecule has 0 bridgehead atoms. The Balaban J connectivity index is 1.74. The molecular formula is C26H26I2NO2-. The fraction of sp³-hybridized carbons (Fsp3) is 0.346. The number of ketones is 1. The van der Waals surface area contributed by atoms with Crippen LogP contribution in [-0.2, 0) is 0 Å². The van der Waals surface area contributed by atoms with E-state index in [4.69, 9.17) is 0 Å². The third kappa shape index (κ3) is 3.86. The number of nitrogens with zero attached hydrogens (tertiary/aromatic N) is 1. The van der Waals surface area contributed by atoms with Crippen LogP contribution in [0.2, 0.25) is 0 Å². The number of carbonyl (C=O) groups is 1. The van der Waals surface area contributed by atoms with Crippen molar-refractivity contribution in [1.82, 2.24) is 0 Å². The summed E-state index contributed by atoms with van der Waals surface area (Å²) in [5.41, 5.74) is 4.37. The van der Waals surface area contributed by atoms with Gasteiger partial charge in [-0.25, -0.2) is 0 Å². The van der Waals surface area contributed by atoms with Crippen LogP contribution in [-0.4, -0.2) is 27.9 Å². The number of hydrogen-bond donors (Lipinski definition) is 1. The summed E-state index contributed by atoms with van der Waals surface area (Å²) in [5.74, 6) is 0.877. The molecule has 3 aliphatic rings. The Hall–Kier alpha value is -1.35. The minimum atomic E-state index is -0.323. The number of anilines is 1. The molecule has 1 saturated heterocycles. The van der Waals surface area contributed by atoms with Gasteiger partial charge in [-0.2, -0.15) is 0 Å². The summed E-state index contributed by atoms with van der Waals surface area (Å²) in [6, 6.07) is 6.11. The number of aromatic hydroxyl groups is 1. The average Bonchev–Trinajstić information content (AvgIpc) is 3.02. The van der Waals surface area contributed by atoms with Gasteiger partial charge < -0.3 is 0 Å². The molecule has 1 N–H and O–H groups in total.